The minimum Gasteiger partial charge on any atom is -0.267 e. The Bertz CT molecular complexity index is 460. The fraction of sp³-hybridized carbons (Fsp3) is 1.00. The Morgan fingerprint density at radius 3 is 1.56 bits per heavy atom. The van der Waals surface area contributed by atoms with Gasteiger partial charge in [-0.1, -0.05) is 0 Å². The van der Waals surface area contributed by atoms with Gasteiger partial charge in [0.15, 0.2) is 0 Å². The second kappa shape index (κ2) is 5.90. The summed E-state index contributed by atoms with van der Waals surface area (Å²) in [5.41, 5.74) is 0. The van der Waals surface area contributed by atoms with Crippen LogP contribution in [0, 0.1) is 0 Å². The van der Waals surface area contributed by atoms with Crippen LogP contribution < -0.4 is 0 Å². The molecule has 1 unspecified atom stereocenters. The zero-order chi connectivity index (χ0) is 14.0. The van der Waals surface area contributed by atoms with E-state index in [0.29, 0.717) is 0 Å². The molecule has 1 rings (SSSR count). The maximum Gasteiger partial charge on any atom is 0.305 e. The van der Waals surface area contributed by atoms with Gasteiger partial charge in [-0.3, -0.25) is 16.7 Å². The van der Waals surface area contributed by atoms with E-state index in [1.807, 2.05) is 0 Å². The van der Waals surface area contributed by atoms with E-state index in [1.54, 1.807) is 0 Å². The molecule has 0 aliphatic carbocycles. The maximum absolute atomic E-state index is 11.0. The van der Waals surface area contributed by atoms with Crippen molar-refractivity contribution in [1.29, 1.82) is 0 Å². The molecule has 0 aromatic heterocycles. The first-order chi connectivity index (χ1) is 8.07. The van der Waals surface area contributed by atoms with Gasteiger partial charge in [0.2, 0.25) is 0 Å². The summed E-state index contributed by atoms with van der Waals surface area (Å²) in [6.45, 7) is -0.884. The minimum absolute atomic E-state index is 0.442. The Balaban J connectivity index is 2.56. The van der Waals surface area contributed by atoms with Crippen LogP contribution >= 0.6 is 0 Å². The van der Waals surface area contributed by atoms with Crippen LogP contribution in [0.15, 0.2) is 0 Å². The lowest BCUT2D eigenvalue weighted by atomic mass is 10.2. The van der Waals surface area contributed by atoms with Crippen molar-refractivity contribution in [3.05, 3.63) is 0 Å². The van der Waals surface area contributed by atoms with E-state index in [-0.39, 0.29) is 0 Å². The molecule has 1 saturated heterocycles. The maximum atomic E-state index is 11.0. The SMILES string of the molecule is CS(=O)(=O)OC[C@@H]1OS(=O)O[C@@H]1COS(C)(=O)=O. The van der Waals surface area contributed by atoms with Gasteiger partial charge in [0.25, 0.3) is 20.2 Å². The van der Waals surface area contributed by atoms with E-state index in [2.05, 4.69) is 8.37 Å². The third kappa shape index (κ3) is 6.17. The molecule has 0 bridgehead atoms. The van der Waals surface area contributed by atoms with Crippen molar-refractivity contribution in [2.75, 3.05) is 25.7 Å². The first-order valence-corrected chi connectivity index (χ1v) is 9.15. The average Bonchev–Trinajstić information content (AvgIpc) is 2.51. The lowest BCUT2D eigenvalue weighted by molar-refractivity contribution is 0.0713. The Labute approximate surface area is 107 Å². The Morgan fingerprint density at radius 2 is 1.28 bits per heavy atom. The largest absolute Gasteiger partial charge is 0.305 e. The van der Waals surface area contributed by atoms with E-state index in [0.717, 1.165) is 12.5 Å². The molecule has 18 heavy (non-hydrogen) atoms. The standard InChI is InChI=1S/C6H12O9S3/c1-17(8,9)12-3-5-6(15-16(7)14-5)4-13-18(2,10)11/h5-6H,3-4H2,1-2H3/t5-,6+,16?. The summed E-state index contributed by atoms with van der Waals surface area (Å²) in [5, 5.41) is 0. The molecule has 0 saturated carbocycles. The highest BCUT2D eigenvalue weighted by molar-refractivity contribution is 7.86. The molecule has 0 aromatic carbocycles. The highest BCUT2D eigenvalue weighted by atomic mass is 32.2. The van der Waals surface area contributed by atoms with Crippen molar-refractivity contribution in [3.63, 3.8) is 0 Å². The van der Waals surface area contributed by atoms with Crippen molar-refractivity contribution >= 4 is 31.6 Å². The summed E-state index contributed by atoms with van der Waals surface area (Å²) in [7, 11) is -7.38. The summed E-state index contributed by atoms with van der Waals surface area (Å²) < 4.78 is 72.4. The molecule has 3 atom stereocenters. The topological polar surface area (TPSA) is 122 Å². The van der Waals surface area contributed by atoms with E-state index in [9.17, 15) is 21.0 Å². The number of rotatable bonds is 6. The van der Waals surface area contributed by atoms with Crippen molar-refractivity contribution in [2.24, 2.45) is 0 Å². The quantitative estimate of drug-likeness (QED) is 0.526. The number of hydrogen-bond acceptors (Lipinski definition) is 9. The first-order valence-electron chi connectivity index (χ1n) is 4.52. The van der Waals surface area contributed by atoms with Crippen LogP contribution in [0.25, 0.3) is 0 Å². The van der Waals surface area contributed by atoms with Crippen LogP contribution in [0.2, 0.25) is 0 Å². The second-order valence-corrected chi connectivity index (χ2v) is 7.53. The van der Waals surface area contributed by atoms with Gasteiger partial charge < -0.3 is 0 Å². The van der Waals surface area contributed by atoms with Gasteiger partial charge in [0, 0.05) is 0 Å². The van der Waals surface area contributed by atoms with E-state index in [1.165, 1.54) is 0 Å². The summed E-state index contributed by atoms with van der Waals surface area (Å²) in [4.78, 5) is 0. The molecule has 0 radical (unpaired) electrons. The zero-order valence-electron chi connectivity index (χ0n) is 9.47. The molecule has 0 N–H and O–H groups in total. The smallest absolute Gasteiger partial charge is 0.267 e. The average molecular weight is 324 g/mol. The molecule has 0 aromatic rings. The van der Waals surface area contributed by atoms with Gasteiger partial charge in [-0.15, -0.1) is 0 Å². The van der Waals surface area contributed by atoms with Crippen molar-refractivity contribution in [2.45, 2.75) is 12.2 Å². The fourth-order valence-corrected chi connectivity index (χ4v) is 2.57. The summed E-state index contributed by atoms with van der Waals surface area (Å²) >= 11 is -2.09. The monoisotopic (exact) mass is 324 g/mol. The van der Waals surface area contributed by atoms with Crippen LogP contribution in [0.4, 0.5) is 0 Å². The highest BCUT2D eigenvalue weighted by Crippen LogP contribution is 2.19. The van der Waals surface area contributed by atoms with Gasteiger partial charge >= 0.3 is 11.4 Å². The fourth-order valence-electron chi connectivity index (χ4n) is 1.000. The van der Waals surface area contributed by atoms with Crippen LogP contribution in [-0.2, 0) is 48.3 Å². The predicted molar refractivity (Wildman–Crippen MR) is 59.5 cm³/mol. The molecule has 1 fully saturated rings. The van der Waals surface area contributed by atoms with Gasteiger partial charge in [-0.25, -0.2) is 0 Å². The number of hydrogen-bond donors (Lipinski definition) is 0. The van der Waals surface area contributed by atoms with Crippen molar-refractivity contribution in [3.8, 4) is 0 Å². The normalized spacial score (nSPS) is 29.6. The predicted octanol–water partition coefficient (Wildman–Crippen LogP) is -1.70. The van der Waals surface area contributed by atoms with Crippen molar-refractivity contribution < 1.29 is 37.8 Å². The molecular formula is C6H12O9S3. The van der Waals surface area contributed by atoms with E-state index < -0.39 is 57.0 Å². The molecule has 12 heteroatoms. The second-order valence-electron chi connectivity index (χ2n) is 3.45. The molecule has 1 heterocycles. The van der Waals surface area contributed by atoms with Crippen molar-refractivity contribution in [1.82, 2.24) is 0 Å². The van der Waals surface area contributed by atoms with Crippen LogP contribution in [-0.4, -0.2) is 59.0 Å². The van der Waals surface area contributed by atoms with Gasteiger partial charge in [-0.2, -0.15) is 21.0 Å². The molecule has 1 aliphatic heterocycles. The van der Waals surface area contributed by atoms with Gasteiger partial charge in [-0.05, 0) is 0 Å². The third-order valence-electron chi connectivity index (χ3n) is 1.71. The zero-order valence-corrected chi connectivity index (χ0v) is 11.9. The molecule has 9 nitrogen and oxygen atoms in total. The highest BCUT2D eigenvalue weighted by Gasteiger charge is 2.37. The third-order valence-corrected chi connectivity index (χ3v) is 3.65. The lowest BCUT2D eigenvalue weighted by Crippen LogP contribution is -2.33. The molecule has 0 amide bonds. The van der Waals surface area contributed by atoms with Gasteiger partial charge in [0.05, 0.1) is 25.7 Å². The molecule has 0 spiro atoms. The minimum atomic E-state index is -3.69. The first kappa shape index (κ1) is 15.9. The van der Waals surface area contributed by atoms with E-state index >= 15 is 0 Å². The summed E-state index contributed by atoms with van der Waals surface area (Å²) in [6.07, 6.45) is -0.326. The van der Waals surface area contributed by atoms with Crippen LogP contribution in [0.3, 0.4) is 0 Å². The Morgan fingerprint density at radius 1 is 0.944 bits per heavy atom. The molecule has 108 valence electrons. The van der Waals surface area contributed by atoms with E-state index in [4.69, 9.17) is 8.37 Å². The molecule has 1 aliphatic rings. The summed E-state index contributed by atoms with van der Waals surface area (Å²) in [5.74, 6) is 0. The molecular weight excluding hydrogens is 312 g/mol. The Kier molecular flexibility index (Phi) is 5.22. The Hall–Kier alpha value is -0.110. The van der Waals surface area contributed by atoms with Crippen LogP contribution in [0.5, 0.6) is 0 Å². The van der Waals surface area contributed by atoms with Crippen LogP contribution in [0.1, 0.15) is 0 Å². The van der Waals surface area contributed by atoms with Gasteiger partial charge in [0.1, 0.15) is 12.2 Å². The lowest BCUT2D eigenvalue weighted by Gasteiger charge is -2.13. The summed E-state index contributed by atoms with van der Waals surface area (Å²) in [6, 6.07) is 0.